The van der Waals surface area contributed by atoms with E-state index in [-0.39, 0.29) is 11.1 Å². The molecule has 20 heavy (non-hydrogen) atoms. The van der Waals surface area contributed by atoms with Crippen LogP contribution in [0.4, 0.5) is 0 Å². The lowest BCUT2D eigenvalue weighted by molar-refractivity contribution is 0.0754. The van der Waals surface area contributed by atoms with Crippen molar-refractivity contribution >= 4 is 56.4 Å². The number of hydrogen-bond acceptors (Lipinski definition) is 3. The maximum atomic E-state index is 12.5. The maximum Gasteiger partial charge on any atom is 0.257 e. The predicted octanol–water partition coefficient (Wildman–Crippen LogP) is 4.87. The number of rotatable bonds is 4. The summed E-state index contributed by atoms with van der Waals surface area (Å²) in [4.78, 5) is 19.2. The smallest absolute Gasteiger partial charge is 0.257 e. The molecule has 2 aromatic rings. The van der Waals surface area contributed by atoms with Gasteiger partial charge in [-0.05, 0) is 41.1 Å². The molecule has 0 fully saturated rings. The number of pyridine rings is 1. The van der Waals surface area contributed by atoms with Gasteiger partial charge in [0.2, 0.25) is 0 Å². The molecule has 0 aromatic carbocycles. The number of amides is 1. The topological polar surface area (TPSA) is 33.2 Å². The standard InChI is InChI=1S/C13H11BrCl2N2OS/c1-2-18(7-9-3-4-11(15)20-9)13(19)10-5-8(14)6-17-12(10)16/h3-6H,2,7H2,1H3. The van der Waals surface area contributed by atoms with Crippen LogP contribution in [0.5, 0.6) is 0 Å². The third-order valence-corrected chi connectivity index (χ3v) is 4.63. The molecule has 106 valence electrons. The van der Waals surface area contributed by atoms with Gasteiger partial charge in [-0.1, -0.05) is 23.2 Å². The monoisotopic (exact) mass is 392 g/mol. The Labute approximate surface area is 139 Å². The van der Waals surface area contributed by atoms with Crippen LogP contribution in [-0.2, 0) is 6.54 Å². The van der Waals surface area contributed by atoms with Gasteiger partial charge in [0.05, 0.1) is 16.4 Å². The van der Waals surface area contributed by atoms with E-state index < -0.39 is 0 Å². The molecule has 0 aliphatic carbocycles. The molecule has 0 radical (unpaired) electrons. The second kappa shape index (κ2) is 6.89. The fraction of sp³-hybridized carbons (Fsp3) is 0.231. The van der Waals surface area contributed by atoms with Crippen LogP contribution in [0.2, 0.25) is 9.49 Å². The minimum atomic E-state index is -0.143. The molecule has 0 saturated heterocycles. The van der Waals surface area contributed by atoms with Crippen molar-refractivity contribution in [2.75, 3.05) is 6.54 Å². The van der Waals surface area contributed by atoms with Gasteiger partial charge in [-0.3, -0.25) is 4.79 Å². The molecule has 0 N–H and O–H groups in total. The lowest BCUT2D eigenvalue weighted by Crippen LogP contribution is -2.30. The first kappa shape index (κ1) is 15.8. The molecule has 0 bridgehead atoms. The fourth-order valence-electron chi connectivity index (χ4n) is 1.69. The summed E-state index contributed by atoms with van der Waals surface area (Å²) >= 11 is 16.7. The Hall–Kier alpha value is -0.620. The highest BCUT2D eigenvalue weighted by atomic mass is 79.9. The Balaban J connectivity index is 2.22. The van der Waals surface area contributed by atoms with Crippen LogP contribution in [0.1, 0.15) is 22.2 Å². The molecule has 0 atom stereocenters. The van der Waals surface area contributed by atoms with Gasteiger partial charge in [0.15, 0.2) is 0 Å². The Morgan fingerprint density at radius 1 is 1.45 bits per heavy atom. The van der Waals surface area contributed by atoms with Gasteiger partial charge >= 0.3 is 0 Å². The van der Waals surface area contributed by atoms with Crippen molar-refractivity contribution in [1.82, 2.24) is 9.88 Å². The number of nitrogens with zero attached hydrogens (tertiary/aromatic N) is 2. The van der Waals surface area contributed by atoms with E-state index in [0.717, 1.165) is 9.35 Å². The minimum absolute atomic E-state index is 0.143. The van der Waals surface area contributed by atoms with Crippen LogP contribution in [-0.4, -0.2) is 22.3 Å². The average Bonchev–Trinajstić information content (AvgIpc) is 2.83. The van der Waals surface area contributed by atoms with E-state index in [0.29, 0.717) is 23.0 Å². The number of halogens is 3. The predicted molar refractivity (Wildman–Crippen MR) is 86.7 cm³/mol. The van der Waals surface area contributed by atoms with E-state index >= 15 is 0 Å². The molecule has 2 heterocycles. The van der Waals surface area contributed by atoms with Crippen LogP contribution in [0.3, 0.4) is 0 Å². The highest BCUT2D eigenvalue weighted by Crippen LogP contribution is 2.25. The zero-order chi connectivity index (χ0) is 14.7. The van der Waals surface area contributed by atoms with Crippen molar-refractivity contribution in [3.63, 3.8) is 0 Å². The summed E-state index contributed by atoms with van der Waals surface area (Å²) < 4.78 is 1.44. The first-order valence-corrected chi connectivity index (χ1v) is 8.22. The normalized spacial score (nSPS) is 10.6. The van der Waals surface area contributed by atoms with E-state index in [1.807, 2.05) is 19.1 Å². The van der Waals surface area contributed by atoms with E-state index in [4.69, 9.17) is 23.2 Å². The Morgan fingerprint density at radius 2 is 2.20 bits per heavy atom. The third-order valence-electron chi connectivity index (χ3n) is 2.68. The lowest BCUT2D eigenvalue weighted by atomic mass is 10.2. The number of carbonyl (C=O) groups is 1. The van der Waals surface area contributed by atoms with Gasteiger partial charge in [-0.2, -0.15) is 0 Å². The maximum absolute atomic E-state index is 12.5. The molecule has 3 nitrogen and oxygen atoms in total. The van der Waals surface area contributed by atoms with E-state index in [1.165, 1.54) is 11.3 Å². The zero-order valence-electron chi connectivity index (χ0n) is 10.6. The van der Waals surface area contributed by atoms with Crippen molar-refractivity contribution < 1.29 is 4.79 Å². The molecular formula is C13H11BrCl2N2OS. The Kier molecular flexibility index (Phi) is 5.43. The summed E-state index contributed by atoms with van der Waals surface area (Å²) in [6.07, 6.45) is 1.56. The lowest BCUT2D eigenvalue weighted by Gasteiger charge is -2.20. The Morgan fingerprint density at radius 3 is 2.80 bits per heavy atom. The molecule has 2 rings (SSSR count). The number of aromatic nitrogens is 1. The summed E-state index contributed by atoms with van der Waals surface area (Å²) in [5.41, 5.74) is 0.394. The molecule has 0 unspecified atom stereocenters. The molecule has 0 saturated carbocycles. The number of thiophene rings is 1. The first-order chi connectivity index (χ1) is 9.51. The fourth-order valence-corrected chi connectivity index (χ4v) is 3.31. The van der Waals surface area contributed by atoms with E-state index in [9.17, 15) is 4.79 Å². The van der Waals surface area contributed by atoms with Crippen LogP contribution < -0.4 is 0 Å². The third kappa shape index (κ3) is 3.73. The summed E-state index contributed by atoms with van der Waals surface area (Å²) in [7, 11) is 0. The van der Waals surface area contributed by atoms with Crippen LogP contribution in [0.15, 0.2) is 28.9 Å². The summed E-state index contributed by atoms with van der Waals surface area (Å²) in [6.45, 7) is 3.01. The number of carbonyl (C=O) groups excluding carboxylic acids is 1. The number of hydrogen-bond donors (Lipinski definition) is 0. The first-order valence-electron chi connectivity index (χ1n) is 5.85. The van der Waals surface area contributed by atoms with E-state index in [2.05, 4.69) is 20.9 Å². The van der Waals surface area contributed by atoms with Gasteiger partial charge in [0.25, 0.3) is 5.91 Å². The van der Waals surface area contributed by atoms with Gasteiger partial charge in [0, 0.05) is 22.1 Å². The van der Waals surface area contributed by atoms with Crippen LogP contribution in [0, 0.1) is 0 Å². The molecule has 0 aliphatic rings. The van der Waals surface area contributed by atoms with Crippen molar-refractivity contribution in [2.24, 2.45) is 0 Å². The average molecular weight is 394 g/mol. The molecule has 0 spiro atoms. The molecule has 0 aliphatic heterocycles. The highest BCUT2D eigenvalue weighted by molar-refractivity contribution is 9.10. The van der Waals surface area contributed by atoms with Gasteiger partial charge < -0.3 is 4.90 Å². The summed E-state index contributed by atoms with van der Waals surface area (Å²) in [6, 6.07) is 5.43. The second-order valence-electron chi connectivity index (χ2n) is 4.02. The second-order valence-corrected chi connectivity index (χ2v) is 7.09. The zero-order valence-corrected chi connectivity index (χ0v) is 14.5. The van der Waals surface area contributed by atoms with Crippen LogP contribution in [0.25, 0.3) is 0 Å². The van der Waals surface area contributed by atoms with Crippen molar-refractivity contribution in [3.8, 4) is 0 Å². The van der Waals surface area contributed by atoms with Gasteiger partial charge in [0.1, 0.15) is 5.15 Å². The van der Waals surface area contributed by atoms with Crippen molar-refractivity contribution in [2.45, 2.75) is 13.5 Å². The van der Waals surface area contributed by atoms with Gasteiger partial charge in [-0.15, -0.1) is 11.3 Å². The quantitative estimate of drug-likeness (QED) is 0.694. The summed E-state index contributed by atoms with van der Waals surface area (Å²) in [5.74, 6) is -0.143. The SMILES string of the molecule is CCN(Cc1ccc(Cl)s1)C(=O)c1cc(Br)cnc1Cl. The van der Waals surface area contributed by atoms with Crippen LogP contribution >= 0.6 is 50.5 Å². The van der Waals surface area contributed by atoms with Gasteiger partial charge in [-0.25, -0.2) is 4.98 Å². The highest BCUT2D eigenvalue weighted by Gasteiger charge is 2.19. The molecule has 7 heteroatoms. The minimum Gasteiger partial charge on any atom is -0.334 e. The molecule has 1 amide bonds. The largest absolute Gasteiger partial charge is 0.334 e. The summed E-state index contributed by atoms with van der Waals surface area (Å²) in [5, 5.41) is 0.209. The van der Waals surface area contributed by atoms with Crippen molar-refractivity contribution in [3.05, 3.63) is 48.8 Å². The van der Waals surface area contributed by atoms with Crippen molar-refractivity contribution in [1.29, 1.82) is 0 Å². The molecule has 2 aromatic heterocycles. The Bertz CT molecular complexity index is 633. The molecular weight excluding hydrogens is 383 g/mol. The van der Waals surface area contributed by atoms with E-state index in [1.54, 1.807) is 17.2 Å².